The van der Waals surface area contributed by atoms with Gasteiger partial charge in [0.25, 0.3) is 5.91 Å². The summed E-state index contributed by atoms with van der Waals surface area (Å²) in [6, 6.07) is 4.00. The molecular weight excluding hydrogens is 232 g/mol. The number of amides is 1. The first-order valence-electron chi connectivity index (χ1n) is 4.33. The molecule has 88 valence electrons. The van der Waals surface area contributed by atoms with Gasteiger partial charge in [-0.1, -0.05) is 0 Å². The van der Waals surface area contributed by atoms with E-state index >= 15 is 0 Å². The van der Waals surface area contributed by atoms with Crippen LogP contribution in [0.25, 0.3) is 0 Å². The molecule has 0 atom stereocenters. The summed E-state index contributed by atoms with van der Waals surface area (Å²) in [5.74, 6) is -0.289. The molecule has 0 saturated heterocycles. The highest BCUT2D eigenvalue weighted by atomic mass is 32.2. The van der Waals surface area contributed by atoms with Gasteiger partial charge in [-0.2, -0.15) is 0 Å². The van der Waals surface area contributed by atoms with Crippen molar-refractivity contribution in [2.45, 2.75) is 4.90 Å². The molecule has 1 rings (SSSR count). The van der Waals surface area contributed by atoms with Gasteiger partial charge >= 0.3 is 0 Å². The van der Waals surface area contributed by atoms with E-state index in [0.717, 1.165) is 0 Å². The third-order valence-corrected chi connectivity index (χ3v) is 2.89. The average molecular weight is 244 g/mol. The Balaban J connectivity index is 3.39. The number of carbonyl (C=O) groups excluding carboxylic acids is 1. The van der Waals surface area contributed by atoms with Crippen LogP contribution >= 0.6 is 0 Å². The lowest BCUT2D eigenvalue weighted by Gasteiger charge is -2.08. The molecule has 0 aliphatic carbocycles. The molecule has 0 aromatic heterocycles. The maximum Gasteiger partial charge on any atom is 0.251 e. The number of ether oxygens (including phenoxy) is 1. The first kappa shape index (κ1) is 12.5. The zero-order chi connectivity index (χ0) is 12.3. The molecule has 1 aromatic carbocycles. The highest BCUT2D eigenvalue weighted by Gasteiger charge is 2.17. The molecule has 0 spiro atoms. The van der Waals surface area contributed by atoms with E-state index in [2.05, 4.69) is 5.32 Å². The third kappa shape index (κ3) is 2.50. The van der Waals surface area contributed by atoms with E-state index in [9.17, 15) is 13.2 Å². The van der Waals surface area contributed by atoms with E-state index in [1.54, 1.807) is 0 Å². The summed E-state index contributed by atoms with van der Waals surface area (Å²) >= 11 is 0. The molecule has 0 aliphatic heterocycles. The zero-order valence-electron chi connectivity index (χ0n) is 8.85. The molecule has 7 heteroatoms. The smallest absolute Gasteiger partial charge is 0.251 e. The van der Waals surface area contributed by atoms with Crippen molar-refractivity contribution in [3.05, 3.63) is 23.8 Å². The highest BCUT2D eigenvalue weighted by Crippen LogP contribution is 2.23. The molecular formula is C9H12N2O4S. The van der Waals surface area contributed by atoms with Crippen molar-refractivity contribution >= 4 is 15.9 Å². The molecule has 0 aliphatic rings. The van der Waals surface area contributed by atoms with Crippen molar-refractivity contribution < 1.29 is 17.9 Å². The molecule has 1 amide bonds. The number of carbonyl (C=O) groups is 1. The van der Waals surface area contributed by atoms with Crippen LogP contribution in [-0.4, -0.2) is 28.5 Å². The molecule has 0 fully saturated rings. The fourth-order valence-corrected chi connectivity index (χ4v) is 1.91. The van der Waals surface area contributed by atoms with Gasteiger partial charge in [-0.15, -0.1) is 0 Å². The summed E-state index contributed by atoms with van der Waals surface area (Å²) in [6.45, 7) is 0. The van der Waals surface area contributed by atoms with Gasteiger partial charge in [0.1, 0.15) is 10.6 Å². The lowest BCUT2D eigenvalue weighted by Crippen LogP contribution is -2.19. The zero-order valence-corrected chi connectivity index (χ0v) is 9.67. The van der Waals surface area contributed by atoms with E-state index in [4.69, 9.17) is 9.88 Å². The fraction of sp³-hybridized carbons (Fsp3) is 0.222. The van der Waals surface area contributed by atoms with Gasteiger partial charge in [-0.05, 0) is 18.2 Å². The normalized spacial score (nSPS) is 10.9. The minimum absolute atomic E-state index is 0.107. The second-order valence-electron chi connectivity index (χ2n) is 2.99. The Morgan fingerprint density at radius 3 is 2.50 bits per heavy atom. The van der Waals surface area contributed by atoms with Gasteiger partial charge in [-0.3, -0.25) is 4.79 Å². The fourth-order valence-electron chi connectivity index (χ4n) is 1.18. The number of hydrogen-bond donors (Lipinski definition) is 2. The molecule has 0 radical (unpaired) electrons. The van der Waals surface area contributed by atoms with E-state index in [-0.39, 0.29) is 16.2 Å². The third-order valence-electron chi connectivity index (χ3n) is 1.96. The SMILES string of the molecule is CNC(=O)c1ccc(OC)c(S(N)(=O)=O)c1. The van der Waals surface area contributed by atoms with Crippen molar-refractivity contribution in [1.29, 1.82) is 0 Å². The Kier molecular flexibility index (Phi) is 3.51. The second kappa shape index (κ2) is 4.50. The number of hydrogen-bond acceptors (Lipinski definition) is 4. The van der Waals surface area contributed by atoms with Crippen LogP contribution in [0, 0.1) is 0 Å². The summed E-state index contributed by atoms with van der Waals surface area (Å²) in [6.07, 6.45) is 0. The Morgan fingerprint density at radius 1 is 1.44 bits per heavy atom. The van der Waals surface area contributed by atoms with Crippen LogP contribution in [0.5, 0.6) is 5.75 Å². The Hall–Kier alpha value is -1.60. The molecule has 0 saturated carbocycles. The van der Waals surface area contributed by atoms with Crippen molar-refractivity contribution in [2.75, 3.05) is 14.2 Å². The maximum absolute atomic E-state index is 11.3. The number of rotatable bonds is 3. The van der Waals surface area contributed by atoms with Crippen LogP contribution in [0.15, 0.2) is 23.1 Å². The average Bonchev–Trinajstić information content (AvgIpc) is 2.26. The standard InChI is InChI=1S/C9H12N2O4S/c1-11-9(12)6-3-4-7(15-2)8(5-6)16(10,13)14/h3-5H,1-2H3,(H,11,12)(H2,10,13,14). The molecule has 0 heterocycles. The Labute approximate surface area is 93.5 Å². The van der Waals surface area contributed by atoms with Gasteiger partial charge in [0.15, 0.2) is 0 Å². The number of benzene rings is 1. The topological polar surface area (TPSA) is 98.5 Å². The Bertz CT molecular complexity index is 510. The number of sulfonamides is 1. The van der Waals surface area contributed by atoms with Crippen LogP contribution in [0.1, 0.15) is 10.4 Å². The predicted octanol–water partition coefficient (Wildman–Crippen LogP) is -0.298. The van der Waals surface area contributed by atoms with Crippen LogP contribution in [0.3, 0.4) is 0 Å². The Morgan fingerprint density at radius 2 is 2.06 bits per heavy atom. The lowest BCUT2D eigenvalue weighted by molar-refractivity contribution is 0.0963. The van der Waals surface area contributed by atoms with Gasteiger partial charge in [-0.25, -0.2) is 13.6 Å². The molecule has 6 nitrogen and oxygen atoms in total. The lowest BCUT2D eigenvalue weighted by atomic mass is 10.2. The van der Waals surface area contributed by atoms with E-state index in [1.165, 1.54) is 32.4 Å². The summed E-state index contributed by atoms with van der Waals surface area (Å²) in [5.41, 5.74) is 0.201. The van der Waals surface area contributed by atoms with Gasteiger partial charge in [0, 0.05) is 12.6 Å². The van der Waals surface area contributed by atoms with Crippen molar-refractivity contribution in [1.82, 2.24) is 5.32 Å². The summed E-state index contributed by atoms with van der Waals surface area (Å²) in [5, 5.41) is 7.39. The highest BCUT2D eigenvalue weighted by molar-refractivity contribution is 7.89. The largest absolute Gasteiger partial charge is 0.495 e. The maximum atomic E-state index is 11.3. The van der Waals surface area contributed by atoms with Crippen LogP contribution in [-0.2, 0) is 10.0 Å². The van der Waals surface area contributed by atoms with Crippen LogP contribution < -0.4 is 15.2 Å². The molecule has 3 N–H and O–H groups in total. The number of methoxy groups -OCH3 is 1. The first-order valence-corrected chi connectivity index (χ1v) is 5.87. The summed E-state index contributed by atoms with van der Waals surface area (Å²) < 4.78 is 27.3. The van der Waals surface area contributed by atoms with Crippen molar-refractivity contribution in [3.63, 3.8) is 0 Å². The minimum atomic E-state index is -3.91. The molecule has 0 bridgehead atoms. The molecule has 1 aromatic rings. The van der Waals surface area contributed by atoms with Gasteiger partial charge in [0.05, 0.1) is 7.11 Å². The summed E-state index contributed by atoms with van der Waals surface area (Å²) in [4.78, 5) is 11.1. The molecule has 0 unspecified atom stereocenters. The predicted molar refractivity (Wildman–Crippen MR) is 57.8 cm³/mol. The van der Waals surface area contributed by atoms with E-state index < -0.39 is 15.9 Å². The second-order valence-corrected chi connectivity index (χ2v) is 4.52. The number of nitrogens with two attached hydrogens (primary N) is 1. The van der Waals surface area contributed by atoms with Gasteiger partial charge in [0.2, 0.25) is 10.0 Å². The first-order chi connectivity index (χ1) is 7.40. The van der Waals surface area contributed by atoms with Crippen LogP contribution in [0.4, 0.5) is 0 Å². The molecule has 16 heavy (non-hydrogen) atoms. The van der Waals surface area contributed by atoms with E-state index in [1.807, 2.05) is 0 Å². The monoisotopic (exact) mass is 244 g/mol. The van der Waals surface area contributed by atoms with Crippen molar-refractivity contribution in [2.24, 2.45) is 5.14 Å². The number of primary sulfonamides is 1. The minimum Gasteiger partial charge on any atom is -0.495 e. The van der Waals surface area contributed by atoms with E-state index in [0.29, 0.717) is 0 Å². The quantitative estimate of drug-likeness (QED) is 0.762. The van der Waals surface area contributed by atoms with Crippen LogP contribution in [0.2, 0.25) is 0 Å². The van der Waals surface area contributed by atoms with Gasteiger partial charge < -0.3 is 10.1 Å². The van der Waals surface area contributed by atoms with Crippen molar-refractivity contribution in [3.8, 4) is 5.75 Å². The summed E-state index contributed by atoms with van der Waals surface area (Å²) in [7, 11) is -1.14. The number of nitrogens with one attached hydrogen (secondary N) is 1.